The van der Waals surface area contributed by atoms with Crippen LogP contribution in [-0.2, 0) is 14.4 Å². The number of aliphatic hydroxyl groups excluding tert-OH is 1. The molecule has 0 amide bonds. The summed E-state index contributed by atoms with van der Waals surface area (Å²) in [7, 11) is 0. The third-order valence-electron chi connectivity index (χ3n) is 3.79. The second-order valence-electron chi connectivity index (χ2n) is 5.15. The highest BCUT2D eigenvalue weighted by molar-refractivity contribution is 5.79. The summed E-state index contributed by atoms with van der Waals surface area (Å²) in [5.74, 6) is -0.277. The highest BCUT2D eigenvalue weighted by Crippen LogP contribution is 2.37. The molecule has 0 aromatic carbocycles. The summed E-state index contributed by atoms with van der Waals surface area (Å²) < 4.78 is 5.25. The van der Waals surface area contributed by atoms with Crippen molar-refractivity contribution >= 4 is 5.97 Å². The number of ether oxygens (including phenoxy) is 1. The predicted octanol–water partition coefficient (Wildman–Crippen LogP) is 1.27. The maximum atomic E-state index is 11.8. The van der Waals surface area contributed by atoms with Crippen molar-refractivity contribution in [3.63, 3.8) is 0 Å². The van der Waals surface area contributed by atoms with Gasteiger partial charge in [0.25, 0.3) is 0 Å². The van der Waals surface area contributed by atoms with Crippen molar-refractivity contribution in [2.75, 3.05) is 13.2 Å². The minimum Gasteiger partial charge on any atom is -0.461 e. The molecule has 2 rings (SSSR count). The molecule has 19 heavy (non-hydrogen) atoms. The van der Waals surface area contributed by atoms with Gasteiger partial charge in [-0.1, -0.05) is 19.1 Å². The number of hydrogen-bond donors (Lipinski definition) is 1. The lowest BCUT2D eigenvalue weighted by Gasteiger charge is -2.19. The number of carbonyl (C=O) groups excluding carboxylic acids is 1. The first kappa shape index (κ1) is 14.5. The second-order valence-corrected chi connectivity index (χ2v) is 5.15. The molecule has 0 aliphatic carbocycles. The number of carbonyl (C=O) groups is 1. The molecule has 2 fully saturated rings. The van der Waals surface area contributed by atoms with Gasteiger partial charge in [-0.3, -0.25) is 9.63 Å². The van der Waals surface area contributed by atoms with Gasteiger partial charge < -0.3 is 9.84 Å². The van der Waals surface area contributed by atoms with Gasteiger partial charge in [-0.25, -0.2) is 0 Å². The standard InChI is InChI=1S/C14H23NO4/c1-3-4-5-6-7-8-15-13-12(11(9-16)19-15)10(2)18-14(13)17/h4-5,10-13,16H,3,6-9H2,1-2H3/b5-4-/t10-,11-,12+,13-/m0/s1. The van der Waals surface area contributed by atoms with Crippen molar-refractivity contribution in [1.29, 1.82) is 0 Å². The van der Waals surface area contributed by atoms with Crippen molar-refractivity contribution in [2.24, 2.45) is 5.92 Å². The Morgan fingerprint density at radius 1 is 1.42 bits per heavy atom. The van der Waals surface area contributed by atoms with Gasteiger partial charge >= 0.3 is 5.97 Å². The molecular formula is C14H23NO4. The molecule has 0 unspecified atom stereocenters. The summed E-state index contributed by atoms with van der Waals surface area (Å²) >= 11 is 0. The van der Waals surface area contributed by atoms with E-state index in [0.29, 0.717) is 6.54 Å². The molecule has 5 heteroatoms. The lowest BCUT2D eigenvalue weighted by molar-refractivity contribution is -0.191. The molecule has 4 atom stereocenters. The number of aliphatic hydroxyl groups is 1. The molecule has 0 radical (unpaired) electrons. The van der Waals surface area contributed by atoms with Crippen molar-refractivity contribution in [1.82, 2.24) is 5.06 Å². The van der Waals surface area contributed by atoms with E-state index in [-0.39, 0.29) is 36.7 Å². The number of hydroxylamine groups is 2. The molecule has 2 heterocycles. The quantitative estimate of drug-likeness (QED) is 0.447. The fourth-order valence-corrected chi connectivity index (χ4v) is 2.87. The first-order valence-electron chi connectivity index (χ1n) is 7.08. The largest absolute Gasteiger partial charge is 0.461 e. The number of allylic oxidation sites excluding steroid dienone is 2. The van der Waals surface area contributed by atoms with Gasteiger partial charge in [0.15, 0.2) is 0 Å². The van der Waals surface area contributed by atoms with Crippen LogP contribution in [0.15, 0.2) is 12.2 Å². The highest BCUT2D eigenvalue weighted by Gasteiger charge is 2.55. The minimum atomic E-state index is -0.345. The molecule has 0 aromatic heterocycles. The molecular weight excluding hydrogens is 246 g/mol. The van der Waals surface area contributed by atoms with Crippen molar-refractivity contribution in [3.05, 3.63) is 12.2 Å². The first-order chi connectivity index (χ1) is 9.19. The van der Waals surface area contributed by atoms with E-state index >= 15 is 0 Å². The Hall–Kier alpha value is -0.910. The van der Waals surface area contributed by atoms with Crippen LogP contribution in [-0.4, -0.2) is 47.5 Å². The van der Waals surface area contributed by atoms with E-state index in [1.807, 2.05) is 6.92 Å². The number of esters is 1. The smallest absolute Gasteiger partial charge is 0.326 e. The van der Waals surface area contributed by atoms with E-state index in [1.165, 1.54) is 0 Å². The summed E-state index contributed by atoms with van der Waals surface area (Å²) in [6, 6.07) is -0.345. The molecule has 0 bridgehead atoms. The monoisotopic (exact) mass is 269 g/mol. The zero-order valence-corrected chi connectivity index (χ0v) is 11.6. The lowest BCUT2D eigenvalue weighted by atomic mass is 9.93. The molecule has 5 nitrogen and oxygen atoms in total. The van der Waals surface area contributed by atoms with Crippen molar-refractivity contribution < 1.29 is 19.5 Å². The summed E-state index contributed by atoms with van der Waals surface area (Å²) in [5, 5.41) is 11.1. The summed E-state index contributed by atoms with van der Waals surface area (Å²) in [4.78, 5) is 17.5. The Balaban J connectivity index is 1.91. The van der Waals surface area contributed by atoms with Gasteiger partial charge in [-0.15, -0.1) is 0 Å². The van der Waals surface area contributed by atoms with Crippen LogP contribution in [0.4, 0.5) is 0 Å². The third kappa shape index (κ3) is 2.99. The number of fused-ring (bicyclic) bond motifs is 1. The van der Waals surface area contributed by atoms with Gasteiger partial charge in [0, 0.05) is 6.54 Å². The zero-order valence-electron chi connectivity index (χ0n) is 11.6. The number of hydrogen-bond acceptors (Lipinski definition) is 5. The van der Waals surface area contributed by atoms with Gasteiger partial charge in [0.05, 0.1) is 12.5 Å². The number of cyclic esters (lactones) is 1. The summed E-state index contributed by atoms with van der Waals surface area (Å²) in [6.45, 7) is 4.58. The van der Waals surface area contributed by atoms with Crippen LogP contribution in [0.5, 0.6) is 0 Å². The van der Waals surface area contributed by atoms with Gasteiger partial charge in [0.1, 0.15) is 18.2 Å². The van der Waals surface area contributed by atoms with Crippen LogP contribution in [0.25, 0.3) is 0 Å². The Morgan fingerprint density at radius 3 is 2.89 bits per heavy atom. The molecule has 0 aromatic rings. The van der Waals surface area contributed by atoms with Gasteiger partial charge in [-0.2, -0.15) is 5.06 Å². The van der Waals surface area contributed by atoms with Crippen molar-refractivity contribution in [2.45, 2.75) is 51.4 Å². The minimum absolute atomic E-state index is 0.0521. The van der Waals surface area contributed by atoms with E-state index in [9.17, 15) is 9.90 Å². The molecule has 2 aliphatic rings. The third-order valence-corrected chi connectivity index (χ3v) is 3.79. The van der Waals surface area contributed by atoms with Crippen LogP contribution in [0.1, 0.15) is 33.1 Å². The van der Waals surface area contributed by atoms with Crippen molar-refractivity contribution in [3.8, 4) is 0 Å². The fraction of sp³-hybridized carbons (Fsp3) is 0.786. The number of rotatable bonds is 6. The second kappa shape index (κ2) is 6.50. The zero-order chi connectivity index (χ0) is 13.8. The maximum Gasteiger partial charge on any atom is 0.326 e. The van der Waals surface area contributed by atoms with Crippen LogP contribution in [0.3, 0.4) is 0 Å². The van der Waals surface area contributed by atoms with E-state index in [2.05, 4.69) is 19.1 Å². The van der Waals surface area contributed by atoms with E-state index < -0.39 is 0 Å². The summed E-state index contributed by atoms with van der Waals surface area (Å²) in [5.41, 5.74) is 0. The van der Waals surface area contributed by atoms with Crippen LogP contribution < -0.4 is 0 Å². The molecule has 2 saturated heterocycles. The van der Waals surface area contributed by atoms with Crippen LogP contribution in [0, 0.1) is 5.92 Å². The highest BCUT2D eigenvalue weighted by atomic mass is 16.7. The first-order valence-corrected chi connectivity index (χ1v) is 7.08. The average molecular weight is 269 g/mol. The SMILES string of the molecule is CC/C=C\CCCN1O[C@@H](CO)[C@H]2[C@H](C)OC(=O)[C@H]21. The Bertz CT molecular complexity index is 344. The molecule has 2 aliphatic heterocycles. The lowest BCUT2D eigenvalue weighted by Crippen LogP contribution is -2.36. The summed E-state index contributed by atoms with van der Waals surface area (Å²) in [6.07, 6.45) is 6.72. The van der Waals surface area contributed by atoms with Crippen LogP contribution >= 0.6 is 0 Å². The Kier molecular flexibility index (Phi) is 4.96. The van der Waals surface area contributed by atoms with E-state index in [4.69, 9.17) is 9.57 Å². The normalized spacial score (nSPS) is 35.0. The Morgan fingerprint density at radius 2 is 2.21 bits per heavy atom. The van der Waals surface area contributed by atoms with Gasteiger partial charge in [-0.05, 0) is 26.2 Å². The topological polar surface area (TPSA) is 59.0 Å². The fourth-order valence-electron chi connectivity index (χ4n) is 2.87. The molecule has 1 N–H and O–H groups in total. The molecule has 0 spiro atoms. The average Bonchev–Trinajstić information content (AvgIpc) is 2.90. The van der Waals surface area contributed by atoms with E-state index in [0.717, 1.165) is 19.3 Å². The molecule has 108 valence electrons. The number of nitrogens with zero attached hydrogens (tertiary/aromatic N) is 1. The number of unbranched alkanes of at least 4 members (excludes halogenated alkanes) is 1. The maximum absolute atomic E-state index is 11.8. The molecule has 0 saturated carbocycles. The van der Waals surface area contributed by atoms with Crippen LogP contribution in [0.2, 0.25) is 0 Å². The Labute approximate surface area is 114 Å². The van der Waals surface area contributed by atoms with E-state index in [1.54, 1.807) is 5.06 Å². The van der Waals surface area contributed by atoms with Gasteiger partial charge in [0.2, 0.25) is 0 Å². The predicted molar refractivity (Wildman–Crippen MR) is 70.2 cm³/mol.